The molecule has 0 bridgehead atoms. The number of benzene rings is 1. The summed E-state index contributed by atoms with van der Waals surface area (Å²) in [6.45, 7) is 5.38. The molecule has 2 fully saturated rings. The monoisotopic (exact) mass is 409 g/mol. The standard InChI is InChI=1S/C24H31N3O3/c28-22-15-24(19-27(17-22)23(29)21-7-4-10-25-16-21)8-11-26(12-9-24)13-14-30-18-20-5-2-1-3-6-20/h1-7,10,16,22,28H,8-9,11-15,17-19H2. The lowest BCUT2D eigenvalue weighted by Crippen LogP contribution is -2.55. The van der Waals surface area contributed by atoms with Crippen LogP contribution in [0.2, 0.25) is 0 Å². The molecule has 6 nitrogen and oxygen atoms in total. The van der Waals surface area contributed by atoms with Gasteiger partial charge in [0.2, 0.25) is 0 Å². The minimum absolute atomic E-state index is 0.0108. The molecule has 3 heterocycles. The highest BCUT2D eigenvalue weighted by atomic mass is 16.5. The average Bonchev–Trinajstić information content (AvgIpc) is 2.78. The van der Waals surface area contributed by atoms with Crippen molar-refractivity contribution in [1.82, 2.24) is 14.8 Å². The van der Waals surface area contributed by atoms with Crippen molar-refractivity contribution < 1.29 is 14.6 Å². The molecule has 30 heavy (non-hydrogen) atoms. The van der Waals surface area contributed by atoms with E-state index in [1.807, 2.05) is 23.1 Å². The van der Waals surface area contributed by atoms with Crippen molar-refractivity contribution in [2.75, 3.05) is 39.3 Å². The lowest BCUT2D eigenvalue weighted by atomic mass is 9.71. The van der Waals surface area contributed by atoms with Crippen molar-refractivity contribution in [2.45, 2.75) is 32.0 Å². The molecule has 1 spiro atoms. The lowest BCUT2D eigenvalue weighted by molar-refractivity contribution is -0.0359. The number of carbonyl (C=O) groups excluding carboxylic acids is 1. The number of β-amino-alcohol motifs (C(OH)–C–C–N with tert-alkyl or cyclic N) is 1. The fraction of sp³-hybridized carbons (Fsp3) is 0.500. The van der Waals surface area contributed by atoms with E-state index in [1.54, 1.807) is 24.5 Å². The smallest absolute Gasteiger partial charge is 0.255 e. The number of aliphatic hydroxyl groups excluding tert-OH is 1. The van der Waals surface area contributed by atoms with Crippen molar-refractivity contribution in [3.63, 3.8) is 0 Å². The molecule has 6 heteroatoms. The summed E-state index contributed by atoms with van der Waals surface area (Å²) in [7, 11) is 0. The van der Waals surface area contributed by atoms with Crippen LogP contribution in [-0.2, 0) is 11.3 Å². The number of pyridine rings is 1. The maximum absolute atomic E-state index is 12.9. The Hall–Kier alpha value is -2.28. The van der Waals surface area contributed by atoms with E-state index in [4.69, 9.17) is 4.74 Å². The third kappa shape index (κ3) is 5.25. The van der Waals surface area contributed by atoms with Gasteiger partial charge in [0.15, 0.2) is 0 Å². The predicted molar refractivity (Wildman–Crippen MR) is 115 cm³/mol. The molecule has 0 aliphatic carbocycles. The van der Waals surface area contributed by atoms with Crippen molar-refractivity contribution in [3.8, 4) is 0 Å². The lowest BCUT2D eigenvalue weighted by Gasteiger charge is -2.49. The zero-order valence-corrected chi connectivity index (χ0v) is 17.4. The molecular weight excluding hydrogens is 378 g/mol. The zero-order valence-electron chi connectivity index (χ0n) is 17.4. The van der Waals surface area contributed by atoms with Crippen molar-refractivity contribution in [3.05, 3.63) is 66.0 Å². The Morgan fingerprint density at radius 1 is 1.17 bits per heavy atom. The van der Waals surface area contributed by atoms with Gasteiger partial charge in [-0.05, 0) is 55.5 Å². The first-order valence-corrected chi connectivity index (χ1v) is 10.8. The molecule has 4 rings (SSSR count). The molecule has 2 aromatic rings. The van der Waals surface area contributed by atoms with Crippen LogP contribution < -0.4 is 0 Å². The maximum Gasteiger partial charge on any atom is 0.255 e. The number of hydrogen-bond acceptors (Lipinski definition) is 5. The minimum atomic E-state index is -0.458. The van der Waals surface area contributed by atoms with E-state index in [1.165, 1.54) is 5.56 Å². The van der Waals surface area contributed by atoms with Gasteiger partial charge < -0.3 is 19.6 Å². The van der Waals surface area contributed by atoms with Gasteiger partial charge >= 0.3 is 0 Å². The third-order valence-electron chi connectivity index (χ3n) is 6.40. The van der Waals surface area contributed by atoms with Gasteiger partial charge in [-0.25, -0.2) is 0 Å². The summed E-state index contributed by atoms with van der Waals surface area (Å²) >= 11 is 0. The topological polar surface area (TPSA) is 65.9 Å². The normalized spacial score (nSPS) is 21.6. The Morgan fingerprint density at radius 2 is 1.97 bits per heavy atom. The summed E-state index contributed by atoms with van der Waals surface area (Å²) in [6.07, 6.45) is 5.60. The van der Waals surface area contributed by atoms with Crippen molar-refractivity contribution >= 4 is 5.91 Å². The van der Waals surface area contributed by atoms with Gasteiger partial charge in [0.05, 0.1) is 24.9 Å². The fourth-order valence-electron chi connectivity index (χ4n) is 4.75. The molecule has 2 saturated heterocycles. The Labute approximate surface area is 178 Å². The second kappa shape index (κ2) is 9.69. The van der Waals surface area contributed by atoms with Crippen LogP contribution in [-0.4, -0.2) is 71.2 Å². The molecule has 1 unspecified atom stereocenters. The van der Waals surface area contributed by atoms with Crippen molar-refractivity contribution in [1.29, 1.82) is 0 Å². The summed E-state index contributed by atoms with van der Waals surface area (Å²) in [5.41, 5.74) is 1.80. The maximum atomic E-state index is 12.9. The molecular formula is C24H31N3O3. The van der Waals surface area contributed by atoms with E-state index < -0.39 is 6.10 Å². The van der Waals surface area contributed by atoms with Gasteiger partial charge in [0.1, 0.15) is 0 Å². The molecule has 1 amide bonds. The highest BCUT2D eigenvalue weighted by molar-refractivity contribution is 5.94. The van der Waals surface area contributed by atoms with Crippen LogP contribution in [0.5, 0.6) is 0 Å². The van der Waals surface area contributed by atoms with Gasteiger partial charge in [-0.3, -0.25) is 9.78 Å². The quantitative estimate of drug-likeness (QED) is 0.743. The van der Waals surface area contributed by atoms with Crippen LogP contribution >= 0.6 is 0 Å². The number of likely N-dealkylation sites (tertiary alicyclic amines) is 2. The number of aromatic nitrogens is 1. The third-order valence-corrected chi connectivity index (χ3v) is 6.40. The first-order chi connectivity index (χ1) is 14.6. The number of amides is 1. The number of carbonyl (C=O) groups is 1. The van der Waals surface area contributed by atoms with Gasteiger partial charge in [-0.15, -0.1) is 0 Å². The number of nitrogens with zero attached hydrogens (tertiary/aromatic N) is 3. The van der Waals surface area contributed by atoms with E-state index in [0.717, 1.165) is 52.0 Å². The highest BCUT2D eigenvalue weighted by Crippen LogP contribution is 2.40. The van der Waals surface area contributed by atoms with Crippen LogP contribution in [0, 0.1) is 5.41 Å². The van der Waals surface area contributed by atoms with Gasteiger partial charge in [0.25, 0.3) is 5.91 Å². The second-order valence-corrected chi connectivity index (χ2v) is 8.67. The summed E-state index contributed by atoms with van der Waals surface area (Å²) in [4.78, 5) is 21.2. The van der Waals surface area contributed by atoms with Crippen LogP contribution in [0.1, 0.15) is 35.2 Å². The van der Waals surface area contributed by atoms with E-state index >= 15 is 0 Å². The molecule has 0 saturated carbocycles. The van der Waals surface area contributed by atoms with Crippen LogP contribution in [0.3, 0.4) is 0 Å². The Morgan fingerprint density at radius 3 is 2.70 bits per heavy atom. The zero-order chi connectivity index (χ0) is 20.8. The number of hydrogen-bond donors (Lipinski definition) is 1. The van der Waals surface area contributed by atoms with Crippen LogP contribution in [0.4, 0.5) is 0 Å². The SMILES string of the molecule is O=C(c1cccnc1)N1CC(O)CC2(CCN(CCOCc3ccccc3)CC2)C1. The molecule has 1 aromatic carbocycles. The van der Waals surface area contributed by atoms with Gasteiger partial charge in [-0.2, -0.15) is 0 Å². The molecule has 2 aliphatic heterocycles. The van der Waals surface area contributed by atoms with E-state index in [0.29, 0.717) is 18.7 Å². The van der Waals surface area contributed by atoms with E-state index in [-0.39, 0.29) is 11.3 Å². The Kier molecular flexibility index (Phi) is 6.77. The molecule has 2 aliphatic rings. The highest BCUT2D eigenvalue weighted by Gasteiger charge is 2.42. The molecule has 1 N–H and O–H groups in total. The summed E-state index contributed by atoms with van der Waals surface area (Å²) in [5.74, 6) is -0.0297. The van der Waals surface area contributed by atoms with Gasteiger partial charge in [0, 0.05) is 32.0 Å². The number of ether oxygens (including phenoxy) is 1. The summed E-state index contributed by atoms with van der Waals surface area (Å²) < 4.78 is 5.83. The van der Waals surface area contributed by atoms with Gasteiger partial charge in [-0.1, -0.05) is 30.3 Å². The van der Waals surface area contributed by atoms with E-state index in [2.05, 4.69) is 22.0 Å². The van der Waals surface area contributed by atoms with E-state index in [9.17, 15) is 9.90 Å². The summed E-state index contributed by atoms with van der Waals surface area (Å²) in [6, 6.07) is 13.8. The fourth-order valence-corrected chi connectivity index (χ4v) is 4.75. The number of rotatable bonds is 6. The Bertz CT molecular complexity index is 807. The number of piperidine rings is 2. The first kappa shape index (κ1) is 21.0. The second-order valence-electron chi connectivity index (χ2n) is 8.67. The average molecular weight is 410 g/mol. The molecule has 0 radical (unpaired) electrons. The minimum Gasteiger partial charge on any atom is -0.391 e. The van der Waals surface area contributed by atoms with Crippen LogP contribution in [0.15, 0.2) is 54.9 Å². The molecule has 1 aromatic heterocycles. The molecule has 1 atom stereocenters. The summed E-state index contributed by atoms with van der Waals surface area (Å²) in [5, 5.41) is 10.5. The van der Waals surface area contributed by atoms with Crippen LogP contribution in [0.25, 0.3) is 0 Å². The number of aliphatic hydroxyl groups is 1. The largest absolute Gasteiger partial charge is 0.391 e. The predicted octanol–water partition coefficient (Wildman–Crippen LogP) is 2.59. The first-order valence-electron chi connectivity index (χ1n) is 10.8. The molecule has 160 valence electrons. The van der Waals surface area contributed by atoms with Crippen molar-refractivity contribution in [2.24, 2.45) is 5.41 Å². The Balaban J connectivity index is 1.26.